The van der Waals surface area contributed by atoms with E-state index in [9.17, 15) is 15.3 Å². The number of nitrogens with zero attached hydrogens (tertiary/aromatic N) is 4. The topological polar surface area (TPSA) is 130 Å². The lowest BCUT2D eigenvalue weighted by Crippen LogP contribution is -2.35. The quantitative estimate of drug-likeness (QED) is 0.369. The SMILES string of the molecule is Nc1nc(SCc2ccccc2)nc2c1ncn2[C@H]1[C@H](O)[C@H](O)[C@]2(CO)C[C@H]12. The highest BCUT2D eigenvalue weighted by atomic mass is 32.2. The second-order valence-corrected chi connectivity index (χ2v) is 8.56. The lowest BCUT2D eigenvalue weighted by molar-refractivity contribution is -0.0300. The number of benzene rings is 1. The largest absolute Gasteiger partial charge is 0.396 e. The average molecular weight is 399 g/mol. The van der Waals surface area contributed by atoms with Crippen LogP contribution in [0.2, 0.25) is 0 Å². The van der Waals surface area contributed by atoms with E-state index in [1.807, 2.05) is 30.3 Å². The first-order valence-electron chi connectivity index (χ1n) is 9.19. The van der Waals surface area contributed by atoms with Gasteiger partial charge in [0.15, 0.2) is 16.6 Å². The zero-order valence-electron chi connectivity index (χ0n) is 15.0. The number of anilines is 1. The fourth-order valence-corrected chi connectivity index (χ4v) is 5.27. The highest BCUT2D eigenvalue weighted by Crippen LogP contribution is 2.67. The molecule has 0 unspecified atom stereocenters. The number of rotatable bonds is 5. The summed E-state index contributed by atoms with van der Waals surface area (Å²) >= 11 is 1.48. The standard InChI is InChI=1S/C19H21N5O3S/c20-16-12-17(23-18(22-16)28-7-10-4-2-1-3-5-10)24(9-21-12)13-11-6-19(11,8-25)15(27)14(13)26/h1-5,9,11,13-15,25-27H,6-8H2,(H2,20,22,23)/t11-,13-,14+,15+,19+/m1/s1. The van der Waals surface area contributed by atoms with Gasteiger partial charge in [0.05, 0.1) is 25.1 Å². The molecule has 5 atom stereocenters. The van der Waals surface area contributed by atoms with Crippen LogP contribution in [0.1, 0.15) is 18.0 Å². The molecule has 2 fully saturated rings. The molecule has 5 rings (SSSR count). The van der Waals surface area contributed by atoms with Crippen LogP contribution >= 0.6 is 11.8 Å². The predicted octanol–water partition coefficient (Wildman–Crippen LogP) is 0.976. The van der Waals surface area contributed by atoms with Gasteiger partial charge in [-0.15, -0.1) is 0 Å². The Kier molecular flexibility index (Phi) is 4.09. The summed E-state index contributed by atoms with van der Waals surface area (Å²) in [6, 6.07) is 9.62. The summed E-state index contributed by atoms with van der Waals surface area (Å²) in [6.07, 6.45) is 0.312. The van der Waals surface area contributed by atoms with E-state index in [2.05, 4.69) is 15.0 Å². The van der Waals surface area contributed by atoms with Gasteiger partial charge >= 0.3 is 0 Å². The van der Waals surface area contributed by atoms with E-state index in [1.54, 1.807) is 10.9 Å². The van der Waals surface area contributed by atoms with Crippen molar-refractivity contribution in [1.82, 2.24) is 19.5 Å². The molecular weight excluding hydrogens is 378 g/mol. The van der Waals surface area contributed by atoms with Crippen LogP contribution in [-0.2, 0) is 5.75 Å². The van der Waals surface area contributed by atoms with Gasteiger partial charge in [0.2, 0.25) is 0 Å². The number of aliphatic hydroxyl groups is 3. The van der Waals surface area contributed by atoms with Crippen molar-refractivity contribution in [1.29, 1.82) is 0 Å². The van der Waals surface area contributed by atoms with Crippen molar-refractivity contribution in [2.24, 2.45) is 11.3 Å². The number of fused-ring (bicyclic) bond motifs is 2. The molecule has 0 radical (unpaired) electrons. The molecule has 2 aliphatic carbocycles. The molecule has 146 valence electrons. The van der Waals surface area contributed by atoms with Crippen LogP contribution in [0.15, 0.2) is 41.8 Å². The van der Waals surface area contributed by atoms with Crippen LogP contribution in [0.5, 0.6) is 0 Å². The van der Waals surface area contributed by atoms with Gasteiger partial charge in [-0.1, -0.05) is 42.1 Å². The molecule has 2 aromatic heterocycles. The van der Waals surface area contributed by atoms with Crippen molar-refractivity contribution >= 4 is 28.7 Å². The van der Waals surface area contributed by atoms with Crippen LogP contribution in [0.3, 0.4) is 0 Å². The van der Waals surface area contributed by atoms with Crippen molar-refractivity contribution in [3.63, 3.8) is 0 Å². The molecule has 2 aliphatic rings. The van der Waals surface area contributed by atoms with Gasteiger partial charge in [-0.3, -0.25) is 0 Å². The Balaban J connectivity index is 1.49. The molecule has 0 aliphatic heterocycles. The normalized spacial score (nSPS) is 31.2. The smallest absolute Gasteiger partial charge is 0.191 e. The third-order valence-corrected chi connectivity index (χ3v) is 7.03. The van der Waals surface area contributed by atoms with Crippen molar-refractivity contribution in [3.05, 3.63) is 42.2 Å². The fraction of sp³-hybridized carbons (Fsp3) is 0.421. The Morgan fingerprint density at radius 3 is 2.71 bits per heavy atom. The van der Waals surface area contributed by atoms with E-state index < -0.39 is 23.7 Å². The van der Waals surface area contributed by atoms with Gasteiger partial charge in [-0.2, -0.15) is 0 Å². The van der Waals surface area contributed by atoms with Crippen molar-refractivity contribution in [3.8, 4) is 0 Å². The minimum Gasteiger partial charge on any atom is -0.396 e. The molecule has 0 spiro atoms. The molecule has 0 bridgehead atoms. The maximum absolute atomic E-state index is 10.6. The van der Waals surface area contributed by atoms with E-state index >= 15 is 0 Å². The van der Waals surface area contributed by atoms with Crippen LogP contribution in [0, 0.1) is 11.3 Å². The maximum atomic E-state index is 10.6. The number of aliphatic hydroxyl groups excluding tert-OH is 3. The molecule has 8 nitrogen and oxygen atoms in total. The van der Waals surface area contributed by atoms with Gasteiger partial charge in [-0.25, -0.2) is 15.0 Å². The van der Waals surface area contributed by atoms with Gasteiger partial charge in [0, 0.05) is 11.2 Å². The second-order valence-electron chi connectivity index (χ2n) is 7.62. The number of aromatic nitrogens is 4. The molecule has 1 aromatic carbocycles. The third kappa shape index (κ3) is 2.54. The molecular formula is C19H21N5O3S. The summed E-state index contributed by atoms with van der Waals surface area (Å²) < 4.78 is 1.78. The van der Waals surface area contributed by atoms with Gasteiger partial charge in [0.1, 0.15) is 11.6 Å². The number of nitrogens with two attached hydrogens (primary N) is 1. The Morgan fingerprint density at radius 2 is 2.00 bits per heavy atom. The second kappa shape index (κ2) is 6.41. The molecule has 5 N–H and O–H groups in total. The highest BCUT2D eigenvalue weighted by Gasteiger charge is 2.71. The van der Waals surface area contributed by atoms with E-state index in [0.717, 1.165) is 5.56 Å². The van der Waals surface area contributed by atoms with E-state index in [1.165, 1.54) is 11.8 Å². The molecule has 9 heteroatoms. The molecule has 3 aromatic rings. The molecule has 0 amide bonds. The summed E-state index contributed by atoms with van der Waals surface area (Å²) in [5.74, 6) is 0.981. The number of hydrogen-bond donors (Lipinski definition) is 4. The number of hydrogen-bond acceptors (Lipinski definition) is 8. The maximum Gasteiger partial charge on any atom is 0.191 e. The zero-order chi connectivity index (χ0) is 19.5. The summed E-state index contributed by atoms with van der Waals surface area (Å²) in [5.41, 5.74) is 7.66. The van der Waals surface area contributed by atoms with E-state index in [-0.39, 0.29) is 18.3 Å². The Bertz CT molecular complexity index is 1030. The third-order valence-electron chi connectivity index (χ3n) is 6.11. The van der Waals surface area contributed by atoms with E-state index in [4.69, 9.17) is 5.73 Å². The summed E-state index contributed by atoms with van der Waals surface area (Å²) in [7, 11) is 0. The molecule has 2 heterocycles. The van der Waals surface area contributed by atoms with Crippen LogP contribution < -0.4 is 5.73 Å². The minimum absolute atomic E-state index is 0.0171. The van der Waals surface area contributed by atoms with Gasteiger partial charge < -0.3 is 25.6 Å². The first-order chi connectivity index (χ1) is 13.5. The first kappa shape index (κ1) is 17.9. The summed E-state index contributed by atoms with van der Waals surface area (Å²) in [5, 5.41) is 31.2. The Hall–Kier alpha value is -2.20. The predicted molar refractivity (Wildman–Crippen MR) is 104 cm³/mol. The number of thioether (sulfide) groups is 1. The zero-order valence-corrected chi connectivity index (χ0v) is 15.8. The summed E-state index contributed by atoms with van der Waals surface area (Å²) in [4.78, 5) is 13.3. The minimum atomic E-state index is -0.986. The Labute approximate surface area is 165 Å². The first-order valence-corrected chi connectivity index (χ1v) is 10.2. The average Bonchev–Trinajstić information content (AvgIpc) is 3.23. The number of imidazole rings is 1. The fourth-order valence-electron chi connectivity index (χ4n) is 4.47. The van der Waals surface area contributed by atoms with E-state index in [0.29, 0.717) is 28.5 Å². The molecule has 2 saturated carbocycles. The van der Waals surface area contributed by atoms with Crippen molar-refractivity contribution < 1.29 is 15.3 Å². The van der Waals surface area contributed by atoms with Gasteiger partial charge in [-0.05, 0) is 17.9 Å². The highest BCUT2D eigenvalue weighted by molar-refractivity contribution is 7.98. The Morgan fingerprint density at radius 1 is 1.21 bits per heavy atom. The van der Waals surface area contributed by atoms with Gasteiger partial charge in [0.25, 0.3) is 0 Å². The monoisotopic (exact) mass is 399 g/mol. The lowest BCUT2D eigenvalue weighted by atomic mass is 10.0. The van der Waals surface area contributed by atoms with Crippen molar-refractivity contribution in [2.75, 3.05) is 12.3 Å². The van der Waals surface area contributed by atoms with Crippen LogP contribution in [0.4, 0.5) is 5.82 Å². The number of nitrogen functional groups attached to an aromatic ring is 1. The summed E-state index contributed by atoms with van der Waals surface area (Å²) in [6.45, 7) is -0.145. The molecule has 28 heavy (non-hydrogen) atoms. The van der Waals surface area contributed by atoms with Crippen molar-refractivity contribution in [2.45, 2.75) is 35.6 Å². The lowest BCUT2D eigenvalue weighted by Gasteiger charge is -2.23. The molecule has 0 saturated heterocycles. The van der Waals surface area contributed by atoms with Crippen LogP contribution in [-0.4, -0.2) is 53.7 Å². The van der Waals surface area contributed by atoms with Crippen LogP contribution in [0.25, 0.3) is 11.2 Å².